The molecule has 0 unspecified atom stereocenters. The van der Waals surface area contributed by atoms with E-state index in [1.54, 1.807) is 38.4 Å². The van der Waals surface area contributed by atoms with Crippen molar-refractivity contribution in [2.75, 3.05) is 26.2 Å². The average molecular weight is 416 g/mol. The topological polar surface area (TPSA) is 48.0 Å². The monoisotopic (exact) mass is 415 g/mol. The van der Waals surface area contributed by atoms with Crippen LogP contribution in [0.5, 0.6) is 17.2 Å². The minimum Gasteiger partial charge on any atom is -0.493 e. The molecule has 1 saturated heterocycles. The van der Waals surface area contributed by atoms with E-state index in [0.29, 0.717) is 32.0 Å². The van der Waals surface area contributed by atoms with Crippen LogP contribution in [0.3, 0.4) is 0 Å². The zero-order chi connectivity index (χ0) is 20.3. The van der Waals surface area contributed by atoms with Crippen molar-refractivity contribution in [1.29, 1.82) is 0 Å². The van der Waals surface area contributed by atoms with Crippen molar-refractivity contribution in [1.82, 2.24) is 0 Å². The fraction of sp³-hybridized carbons (Fsp3) is 0.238. The standard InChI is InChI=1S/C21H21NO4S2/c1-5-13-6-9-15(10-7-13)22-20(23)17(28-21(22)27)12-14-8-11-16(24-2)19(26-4)18(14)25-3/h6-12H,5H2,1-4H3. The molecule has 5 nitrogen and oxygen atoms in total. The average Bonchev–Trinajstić information content (AvgIpc) is 3.00. The van der Waals surface area contributed by atoms with Gasteiger partial charge in [0, 0.05) is 5.56 Å². The number of hydrogen-bond acceptors (Lipinski definition) is 6. The molecule has 1 aliphatic heterocycles. The predicted molar refractivity (Wildman–Crippen MR) is 118 cm³/mol. The van der Waals surface area contributed by atoms with E-state index in [4.69, 9.17) is 26.4 Å². The van der Waals surface area contributed by atoms with Crippen LogP contribution in [0.15, 0.2) is 41.3 Å². The van der Waals surface area contributed by atoms with Crippen LogP contribution in [0.2, 0.25) is 0 Å². The second kappa shape index (κ2) is 8.67. The number of carbonyl (C=O) groups is 1. The van der Waals surface area contributed by atoms with E-state index in [1.807, 2.05) is 30.3 Å². The molecular weight excluding hydrogens is 394 g/mol. The first-order chi connectivity index (χ1) is 13.5. The molecule has 0 aromatic heterocycles. The SMILES string of the molecule is CCc1ccc(N2C(=O)C(=Cc3ccc(OC)c(OC)c3OC)SC2=S)cc1. The molecule has 7 heteroatoms. The maximum Gasteiger partial charge on any atom is 0.270 e. The van der Waals surface area contributed by atoms with E-state index in [2.05, 4.69) is 6.92 Å². The molecule has 3 rings (SSSR count). The second-order valence-corrected chi connectivity index (χ2v) is 7.64. The van der Waals surface area contributed by atoms with Crippen molar-refractivity contribution < 1.29 is 19.0 Å². The summed E-state index contributed by atoms with van der Waals surface area (Å²) in [5, 5.41) is 0. The van der Waals surface area contributed by atoms with Gasteiger partial charge in [-0.15, -0.1) is 0 Å². The molecule has 1 aliphatic rings. The fourth-order valence-corrected chi connectivity index (χ4v) is 4.24. The van der Waals surface area contributed by atoms with Crippen LogP contribution in [0.1, 0.15) is 18.1 Å². The summed E-state index contributed by atoms with van der Waals surface area (Å²) in [4.78, 5) is 15.1. The maximum atomic E-state index is 13.0. The van der Waals surface area contributed by atoms with E-state index in [9.17, 15) is 4.79 Å². The molecule has 1 heterocycles. The van der Waals surface area contributed by atoms with Crippen molar-refractivity contribution >= 4 is 46.0 Å². The smallest absolute Gasteiger partial charge is 0.270 e. The highest BCUT2D eigenvalue weighted by molar-refractivity contribution is 8.27. The number of thiocarbonyl (C=S) groups is 1. The Labute approximate surface area is 174 Å². The summed E-state index contributed by atoms with van der Waals surface area (Å²) in [6.07, 6.45) is 2.71. The van der Waals surface area contributed by atoms with Crippen LogP contribution in [-0.4, -0.2) is 31.6 Å². The van der Waals surface area contributed by atoms with Crippen LogP contribution in [0.4, 0.5) is 5.69 Å². The van der Waals surface area contributed by atoms with E-state index in [0.717, 1.165) is 12.1 Å². The maximum absolute atomic E-state index is 13.0. The molecule has 0 radical (unpaired) electrons. The molecule has 0 saturated carbocycles. The molecule has 1 amide bonds. The second-order valence-electron chi connectivity index (χ2n) is 5.96. The van der Waals surface area contributed by atoms with Gasteiger partial charge in [-0.05, 0) is 42.3 Å². The van der Waals surface area contributed by atoms with Gasteiger partial charge in [0.1, 0.15) is 0 Å². The lowest BCUT2D eigenvalue weighted by Crippen LogP contribution is -2.27. The lowest BCUT2D eigenvalue weighted by atomic mass is 10.1. The summed E-state index contributed by atoms with van der Waals surface area (Å²) >= 11 is 6.72. The van der Waals surface area contributed by atoms with Crippen molar-refractivity contribution in [3.8, 4) is 17.2 Å². The summed E-state index contributed by atoms with van der Waals surface area (Å²) in [6.45, 7) is 2.09. The Morgan fingerprint density at radius 1 is 1.00 bits per heavy atom. The third-order valence-electron chi connectivity index (χ3n) is 4.42. The molecule has 1 fully saturated rings. The zero-order valence-corrected chi connectivity index (χ0v) is 17.8. The molecule has 0 bridgehead atoms. The number of ether oxygens (including phenoxy) is 3. The molecule has 2 aromatic rings. The summed E-state index contributed by atoms with van der Waals surface area (Å²) < 4.78 is 16.7. The molecule has 0 aliphatic carbocycles. The van der Waals surface area contributed by atoms with E-state index >= 15 is 0 Å². The highest BCUT2D eigenvalue weighted by Crippen LogP contribution is 2.43. The molecule has 146 valence electrons. The molecule has 28 heavy (non-hydrogen) atoms. The van der Waals surface area contributed by atoms with Gasteiger partial charge < -0.3 is 14.2 Å². The van der Waals surface area contributed by atoms with Gasteiger partial charge in [0.25, 0.3) is 5.91 Å². The molecule has 0 spiro atoms. The van der Waals surface area contributed by atoms with Crippen molar-refractivity contribution in [3.05, 3.63) is 52.4 Å². The van der Waals surface area contributed by atoms with Crippen molar-refractivity contribution in [2.24, 2.45) is 0 Å². The third kappa shape index (κ3) is 3.72. The Bertz CT molecular complexity index is 938. The quantitative estimate of drug-likeness (QED) is 0.504. The number of nitrogens with zero attached hydrogens (tertiary/aromatic N) is 1. The first-order valence-electron chi connectivity index (χ1n) is 8.69. The summed E-state index contributed by atoms with van der Waals surface area (Å²) in [6, 6.07) is 11.5. The van der Waals surface area contributed by atoms with E-state index in [1.165, 1.54) is 17.3 Å². The van der Waals surface area contributed by atoms with Gasteiger partial charge in [-0.25, -0.2) is 0 Å². The van der Waals surface area contributed by atoms with Gasteiger partial charge in [0.15, 0.2) is 15.8 Å². The predicted octanol–water partition coefficient (Wildman–Crippen LogP) is 4.68. The van der Waals surface area contributed by atoms with E-state index in [-0.39, 0.29) is 5.91 Å². The highest BCUT2D eigenvalue weighted by Gasteiger charge is 2.33. The first kappa shape index (κ1) is 20.2. The number of rotatable bonds is 6. The molecule has 2 aromatic carbocycles. The number of benzene rings is 2. The number of carbonyl (C=O) groups excluding carboxylic acids is 1. The van der Waals surface area contributed by atoms with Gasteiger partial charge in [-0.3, -0.25) is 9.69 Å². The summed E-state index contributed by atoms with van der Waals surface area (Å²) in [5.74, 6) is 1.37. The Hall–Kier alpha value is -2.51. The fourth-order valence-electron chi connectivity index (χ4n) is 2.95. The van der Waals surface area contributed by atoms with Crippen molar-refractivity contribution in [3.63, 3.8) is 0 Å². The molecule has 0 N–H and O–H groups in total. The molecular formula is C21H21NO4S2. The minimum atomic E-state index is -0.156. The summed E-state index contributed by atoms with van der Waals surface area (Å²) in [7, 11) is 4.66. The van der Waals surface area contributed by atoms with Gasteiger partial charge in [0.05, 0.1) is 31.9 Å². The normalized spacial score (nSPS) is 15.3. The van der Waals surface area contributed by atoms with Gasteiger partial charge in [0.2, 0.25) is 5.75 Å². The van der Waals surface area contributed by atoms with Gasteiger partial charge in [-0.2, -0.15) is 0 Å². The van der Waals surface area contributed by atoms with Crippen LogP contribution >= 0.6 is 24.0 Å². The van der Waals surface area contributed by atoms with Crippen LogP contribution in [-0.2, 0) is 11.2 Å². The van der Waals surface area contributed by atoms with Crippen LogP contribution in [0.25, 0.3) is 6.08 Å². The van der Waals surface area contributed by atoms with Crippen molar-refractivity contribution in [2.45, 2.75) is 13.3 Å². The Morgan fingerprint density at radius 2 is 1.68 bits per heavy atom. The molecule has 0 atom stereocenters. The number of hydrogen-bond donors (Lipinski definition) is 0. The lowest BCUT2D eigenvalue weighted by molar-refractivity contribution is -0.113. The largest absolute Gasteiger partial charge is 0.493 e. The Kier molecular flexibility index (Phi) is 6.26. The zero-order valence-electron chi connectivity index (χ0n) is 16.1. The lowest BCUT2D eigenvalue weighted by Gasteiger charge is -2.15. The number of aryl methyl sites for hydroxylation is 1. The van der Waals surface area contributed by atoms with Crippen LogP contribution in [0, 0.1) is 0 Å². The van der Waals surface area contributed by atoms with Gasteiger partial charge >= 0.3 is 0 Å². The van der Waals surface area contributed by atoms with E-state index < -0.39 is 0 Å². The number of thioether (sulfide) groups is 1. The Balaban J connectivity index is 1.97. The number of methoxy groups -OCH3 is 3. The first-order valence-corrected chi connectivity index (χ1v) is 9.92. The third-order valence-corrected chi connectivity index (χ3v) is 5.72. The number of anilines is 1. The number of amides is 1. The minimum absolute atomic E-state index is 0.156. The van der Waals surface area contributed by atoms with Crippen LogP contribution < -0.4 is 19.1 Å². The van der Waals surface area contributed by atoms with Gasteiger partial charge in [-0.1, -0.05) is 43.0 Å². The Morgan fingerprint density at radius 3 is 2.25 bits per heavy atom. The summed E-state index contributed by atoms with van der Waals surface area (Å²) in [5.41, 5.74) is 2.68. The highest BCUT2D eigenvalue weighted by atomic mass is 32.2.